The van der Waals surface area contributed by atoms with Crippen molar-refractivity contribution in [3.05, 3.63) is 42.5 Å². The maximum Gasteiger partial charge on any atom is 0.277 e. The number of anilines is 1. The lowest BCUT2D eigenvalue weighted by Crippen LogP contribution is -2.13. The molecule has 4 rings (SSSR count). The second kappa shape index (κ2) is 5.61. The maximum absolute atomic E-state index is 12.0. The highest BCUT2D eigenvalue weighted by molar-refractivity contribution is 7.18. The summed E-state index contributed by atoms with van der Waals surface area (Å²) in [4.78, 5) is 19.8. The molecule has 23 heavy (non-hydrogen) atoms. The van der Waals surface area contributed by atoms with Gasteiger partial charge in [-0.25, -0.2) is 4.98 Å². The predicted octanol–water partition coefficient (Wildman–Crippen LogP) is 1.98. The third-order valence-electron chi connectivity index (χ3n) is 3.06. The lowest BCUT2D eigenvalue weighted by molar-refractivity contribution is 0.102. The fourth-order valence-corrected chi connectivity index (χ4v) is 2.73. The van der Waals surface area contributed by atoms with Crippen molar-refractivity contribution in [2.45, 2.75) is 0 Å². The Hall–Kier alpha value is -3.07. The monoisotopic (exact) mass is 327 g/mol. The van der Waals surface area contributed by atoms with Crippen molar-refractivity contribution in [1.82, 2.24) is 20.2 Å². The SMILES string of the molecule is O=C(Nc1nnc(-c2ccc3c(c2)OCO3)s1)c1cnccn1. The summed E-state index contributed by atoms with van der Waals surface area (Å²) in [5, 5.41) is 11.7. The van der Waals surface area contributed by atoms with E-state index in [9.17, 15) is 4.79 Å². The Kier molecular flexibility index (Phi) is 3.31. The Morgan fingerprint density at radius 1 is 1.17 bits per heavy atom. The number of ether oxygens (including phenoxy) is 2. The molecule has 0 unspecified atom stereocenters. The van der Waals surface area contributed by atoms with Crippen molar-refractivity contribution in [1.29, 1.82) is 0 Å². The number of amides is 1. The van der Waals surface area contributed by atoms with Crippen molar-refractivity contribution >= 4 is 22.4 Å². The average molecular weight is 327 g/mol. The van der Waals surface area contributed by atoms with Crippen LogP contribution in [-0.4, -0.2) is 32.9 Å². The van der Waals surface area contributed by atoms with Gasteiger partial charge in [-0.3, -0.25) is 15.1 Å². The molecule has 8 nitrogen and oxygen atoms in total. The summed E-state index contributed by atoms with van der Waals surface area (Å²) in [6.45, 7) is 0.217. The molecule has 0 atom stereocenters. The predicted molar refractivity (Wildman–Crippen MR) is 81.5 cm³/mol. The third kappa shape index (κ3) is 2.69. The Labute approximate surface area is 134 Å². The van der Waals surface area contributed by atoms with Gasteiger partial charge in [0.2, 0.25) is 11.9 Å². The molecule has 0 saturated heterocycles. The minimum Gasteiger partial charge on any atom is -0.454 e. The minimum absolute atomic E-state index is 0.215. The highest BCUT2D eigenvalue weighted by Gasteiger charge is 2.17. The van der Waals surface area contributed by atoms with Crippen LogP contribution >= 0.6 is 11.3 Å². The van der Waals surface area contributed by atoms with Crippen molar-refractivity contribution in [2.24, 2.45) is 0 Å². The highest BCUT2D eigenvalue weighted by atomic mass is 32.1. The zero-order valence-corrected chi connectivity index (χ0v) is 12.4. The number of fused-ring (bicyclic) bond motifs is 1. The van der Waals surface area contributed by atoms with E-state index in [2.05, 4.69) is 25.5 Å². The molecular formula is C14H9N5O3S. The number of hydrogen-bond acceptors (Lipinski definition) is 8. The molecule has 1 amide bonds. The van der Waals surface area contributed by atoms with Crippen LogP contribution in [-0.2, 0) is 0 Å². The number of carbonyl (C=O) groups is 1. The Bertz CT molecular complexity index is 868. The Balaban J connectivity index is 1.54. The first kappa shape index (κ1) is 13.6. The summed E-state index contributed by atoms with van der Waals surface area (Å²) in [5.74, 6) is 0.990. The van der Waals surface area contributed by atoms with Crippen molar-refractivity contribution in [2.75, 3.05) is 12.1 Å². The standard InChI is InChI=1S/C14H9N5O3S/c20-12(9-6-15-3-4-16-9)17-14-19-18-13(23-14)8-1-2-10-11(5-8)22-7-21-10/h1-6H,7H2,(H,17,19,20). The first-order valence-corrected chi connectivity index (χ1v) is 7.42. The van der Waals surface area contributed by atoms with Gasteiger partial charge in [0.05, 0.1) is 6.20 Å². The molecule has 0 saturated carbocycles. The highest BCUT2D eigenvalue weighted by Crippen LogP contribution is 2.37. The summed E-state index contributed by atoms with van der Waals surface area (Å²) in [5.41, 5.74) is 1.05. The average Bonchev–Trinajstić information content (AvgIpc) is 3.23. The second-order valence-corrected chi connectivity index (χ2v) is 5.50. The van der Waals surface area contributed by atoms with Gasteiger partial charge >= 0.3 is 0 Å². The molecular weight excluding hydrogens is 318 g/mol. The van der Waals surface area contributed by atoms with E-state index in [4.69, 9.17) is 9.47 Å². The lowest BCUT2D eigenvalue weighted by Gasteiger charge is -1.99. The molecule has 0 fully saturated rings. The van der Waals surface area contributed by atoms with E-state index in [1.165, 1.54) is 29.9 Å². The summed E-state index contributed by atoms with van der Waals surface area (Å²) in [7, 11) is 0. The molecule has 1 aliphatic rings. The molecule has 2 aromatic heterocycles. The van der Waals surface area contributed by atoms with Gasteiger partial charge in [0.25, 0.3) is 5.91 Å². The summed E-state index contributed by atoms with van der Waals surface area (Å²) < 4.78 is 10.6. The van der Waals surface area contributed by atoms with Crippen LogP contribution in [0.3, 0.4) is 0 Å². The topological polar surface area (TPSA) is 99.1 Å². The van der Waals surface area contributed by atoms with Crippen LogP contribution in [0.5, 0.6) is 11.5 Å². The van der Waals surface area contributed by atoms with Crippen molar-refractivity contribution < 1.29 is 14.3 Å². The van der Waals surface area contributed by atoms with E-state index in [0.717, 1.165) is 5.56 Å². The quantitative estimate of drug-likeness (QED) is 0.785. The molecule has 0 bridgehead atoms. The molecule has 1 N–H and O–H groups in total. The van der Waals surface area contributed by atoms with Crippen LogP contribution in [0, 0.1) is 0 Å². The van der Waals surface area contributed by atoms with Gasteiger partial charge in [-0.05, 0) is 18.2 Å². The number of hydrogen-bond donors (Lipinski definition) is 1. The largest absolute Gasteiger partial charge is 0.454 e. The first-order chi connectivity index (χ1) is 11.3. The van der Waals surface area contributed by atoms with Crippen LogP contribution in [0.2, 0.25) is 0 Å². The fraction of sp³-hybridized carbons (Fsp3) is 0.0714. The van der Waals surface area contributed by atoms with Crippen molar-refractivity contribution in [3.8, 4) is 22.1 Å². The minimum atomic E-state index is -0.383. The first-order valence-electron chi connectivity index (χ1n) is 6.60. The number of benzene rings is 1. The number of nitrogens with zero attached hydrogens (tertiary/aromatic N) is 4. The number of nitrogens with one attached hydrogen (secondary N) is 1. The van der Waals surface area contributed by atoms with E-state index in [1.807, 2.05) is 18.2 Å². The molecule has 3 aromatic rings. The van der Waals surface area contributed by atoms with Gasteiger partial charge in [-0.1, -0.05) is 11.3 Å². The fourth-order valence-electron chi connectivity index (χ4n) is 2.00. The van der Waals surface area contributed by atoms with E-state index < -0.39 is 0 Å². The van der Waals surface area contributed by atoms with E-state index >= 15 is 0 Å². The third-order valence-corrected chi connectivity index (χ3v) is 3.95. The molecule has 1 aromatic carbocycles. The van der Waals surface area contributed by atoms with Crippen LogP contribution < -0.4 is 14.8 Å². The number of aromatic nitrogens is 4. The smallest absolute Gasteiger partial charge is 0.277 e. The molecule has 0 radical (unpaired) electrons. The number of carbonyl (C=O) groups excluding carboxylic acids is 1. The van der Waals surface area contributed by atoms with Gasteiger partial charge in [0.1, 0.15) is 10.7 Å². The van der Waals surface area contributed by atoms with Crippen LogP contribution in [0.4, 0.5) is 5.13 Å². The van der Waals surface area contributed by atoms with E-state index in [-0.39, 0.29) is 18.4 Å². The normalized spacial score (nSPS) is 12.2. The van der Waals surface area contributed by atoms with E-state index in [1.54, 1.807) is 0 Å². The van der Waals surface area contributed by atoms with Crippen LogP contribution in [0.1, 0.15) is 10.5 Å². The van der Waals surface area contributed by atoms with E-state index in [0.29, 0.717) is 21.6 Å². The van der Waals surface area contributed by atoms with Gasteiger partial charge in [0, 0.05) is 18.0 Å². The lowest BCUT2D eigenvalue weighted by atomic mass is 10.2. The molecule has 0 spiro atoms. The maximum atomic E-state index is 12.0. The molecule has 9 heteroatoms. The molecule has 1 aliphatic heterocycles. The summed E-state index contributed by atoms with van der Waals surface area (Å²) in [6, 6.07) is 5.51. The summed E-state index contributed by atoms with van der Waals surface area (Å²) >= 11 is 1.26. The molecule has 0 aliphatic carbocycles. The number of rotatable bonds is 3. The summed E-state index contributed by atoms with van der Waals surface area (Å²) in [6.07, 6.45) is 4.33. The van der Waals surface area contributed by atoms with Crippen molar-refractivity contribution in [3.63, 3.8) is 0 Å². The molecule has 114 valence electrons. The van der Waals surface area contributed by atoms with Gasteiger partial charge in [-0.2, -0.15) is 0 Å². The van der Waals surface area contributed by atoms with Gasteiger partial charge in [-0.15, -0.1) is 10.2 Å². The second-order valence-electron chi connectivity index (χ2n) is 4.53. The van der Waals surface area contributed by atoms with Crippen LogP contribution in [0.25, 0.3) is 10.6 Å². The zero-order chi connectivity index (χ0) is 15.6. The van der Waals surface area contributed by atoms with Crippen LogP contribution in [0.15, 0.2) is 36.8 Å². The van der Waals surface area contributed by atoms with Gasteiger partial charge in [0.15, 0.2) is 11.5 Å². The van der Waals surface area contributed by atoms with Gasteiger partial charge < -0.3 is 9.47 Å². The Morgan fingerprint density at radius 2 is 2.09 bits per heavy atom. The zero-order valence-electron chi connectivity index (χ0n) is 11.6. The Morgan fingerprint density at radius 3 is 2.96 bits per heavy atom. The molecule has 3 heterocycles.